The first-order valence-corrected chi connectivity index (χ1v) is 14.6. The second kappa shape index (κ2) is 10.4. The van der Waals surface area contributed by atoms with E-state index < -0.39 is 26.5 Å². The average molecular weight is 580 g/mol. The number of rotatable bonds is 6. The molecule has 0 spiro atoms. The van der Waals surface area contributed by atoms with Gasteiger partial charge in [0, 0.05) is 25.3 Å². The van der Waals surface area contributed by atoms with Crippen molar-refractivity contribution in [3.63, 3.8) is 0 Å². The van der Waals surface area contributed by atoms with E-state index in [0.29, 0.717) is 11.5 Å². The minimum absolute atomic E-state index is 0.0113. The fraction of sp³-hybridized carbons (Fsp3) is 0.185. The molecule has 4 aromatic rings. The molecule has 0 bridgehead atoms. The largest absolute Gasteiger partial charge is 0.378 e. The zero-order valence-electron chi connectivity index (χ0n) is 21.7. The lowest BCUT2D eigenvalue weighted by molar-refractivity contribution is -0.130. The van der Waals surface area contributed by atoms with Gasteiger partial charge >= 0.3 is 0 Å². The van der Waals surface area contributed by atoms with Gasteiger partial charge in [0.05, 0.1) is 27.2 Å². The molecule has 1 atom stereocenters. The Balaban J connectivity index is 1.40. The van der Waals surface area contributed by atoms with Gasteiger partial charge in [0.15, 0.2) is 0 Å². The number of benzene rings is 3. The summed E-state index contributed by atoms with van der Waals surface area (Å²) in [6, 6.07) is 17.5. The van der Waals surface area contributed by atoms with Gasteiger partial charge in [0.2, 0.25) is 0 Å². The molecule has 0 saturated carbocycles. The highest BCUT2D eigenvalue weighted by Gasteiger charge is 2.34. The normalized spacial score (nSPS) is 15.4. The van der Waals surface area contributed by atoms with Crippen LogP contribution in [-0.2, 0) is 14.9 Å². The first-order chi connectivity index (χ1) is 18.9. The summed E-state index contributed by atoms with van der Waals surface area (Å²) in [6.45, 7) is 1.63. The first kappa shape index (κ1) is 27.4. The minimum Gasteiger partial charge on any atom is -0.378 e. The van der Waals surface area contributed by atoms with Gasteiger partial charge in [-0.15, -0.1) is 11.8 Å². The van der Waals surface area contributed by atoms with Gasteiger partial charge in [-0.3, -0.25) is 28.9 Å². The maximum absolute atomic E-state index is 13.3. The molecule has 1 aliphatic heterocycles. The van der Waals surface area contributed by atoms with E-state index in [1.165, 1.54) is 45.6 Å². The Hall–Kier alpha value is -4.20. The summed E-state index contributed by atoms with van der Waals surface area (Å²) >= 11 is 1.42. The molecular formula is C27H25N5O6S2. The molecule has 2 N–H and O–H groups in total. The molecule has 2 amide bonds. The van der Waals surface area contributed by atoms with E-state index in [9.17, 15) is 27.4 Å². The number of aryl methyl sites for hydroxylation is 1. The number of nitrogens with zero attached hydrogens (tertiary/aromatic N) is 4. The Kier molecular flexibility index (Phi) is 7.12. The van der Waals surface area contributed by atoms with Gasteiger partial charge in [0.1, 0.15) is 11.2 Å². The Morgan fingerprint density at radius 1 is 1.05 bits per heavy atom. The van der Waals surface area contributed by atoms with Crippen molar-refractivity contribution in [2.45, 2.75) is 17.2 Å². The fourth-order valence-corrected chi connectivity index (χ4v) is 6.02. The van der Waals surface area contributed by atoms with Crippen LogP contribution in [0, 0.1) is 6.92 Å². The number of carbonyl (C=O) groups excluding carboxylic acids is 2. The third-order valence-corrected chi connectivity index (χ3v) is 8.54. The molecule has 3 aromatic carbocycles. The highest BCUT2D eigenvalue weighted by Crippen LogP contribution is 2.37. The van der Waals surface area contributed by atoms with E-state index in [1.54, 1.807) is 19.1 Å². The van der Waals surface area contributed by atoms with E-state index in [-0.39, 0.29) is 33.5 Å². The van der Waals surface area contributed by atoms with E-state index in [0.717, 1.165) is 17.3 Å². The van der Waals surface area contributed by atoms with Gasteiger partial charge in [-0.2, -0.15) is 8.42 Å². The maximum atomic E-state index is 13.3. The summed E-state index contributed by atoms with van der Waals surface area (Å²) in [5.74, 6) is -0.131. The van der Waals surface area contributed by atoms with E-state index in [1.807, 2.05) is 43.3 Å². The minimum atomic E-state index is -4.51. The average Bonchev–Trinajstić information content (AvgIpc) is 3.28. The summed E-state index contributed by atoms with van der Waals surface area (Å²) in [6.07, 6.45) is 0. The molecular weight excluding hydrogens is 554 g/mol. The third-order valence-electron chi connectivity index (χ3n) is 6.48. The second-order valence-corrected chi connectivity index (χ2v) is 11.8. The summed E-state index contributed by atoms with van der Waals surface area (Å²) in [5.41, 5.74) is 5.02. The monoisotopic (exact) mass is 579 g/mol. The van der Waals surface area contributed by atoms with Crippen LogP contribution in [0.4, 0.5) is 5.69 Å². The lowest BCUT2D eigenvalue weighted by atomic mass is 10.1. The van der Waals surface area contributed by atoms with Gasteiger partial charge in [-0.1, -0.05) is 12.1 Å². The number of aromatic nitrogens is 2. The van der Waals surface area contributed by atoms with Gasteiger partial charge in [-0.05, 0) is 67.1 Å². The number of fused-ring (bicyclic) bond motifs is 1. The molecule has 0 radical (unpaired) electrons. The number of anilines is 1. The Labute approximate surface area is 234 Å². The number of nitrogens with one attached hydrogen (secondary N) is 1. The molecule has 13 heteroatoms. The molecule has 1 aromatic heterocycles. The summed E-state index contributed by atoms with van der Waals surface area (Å²) in [5, 5.41) is 0.974. The Morgan fingerprint density at radius 3 is 2.35 bits per heavy atom. The SMILES string of the molecule is Cc1nc2ccc(S(=O)(=O)O)cc2c(=O)n1-c1ccc(C(=O)NN2C(=O)CSC2c2ccc(N(C)C)cc2)cc1. The molecule has 1 fully saturated rings. The predicted octanol–water partition coefficient (Wildman–Crippen LogP) is 2.93. The molecule has 2 heterocycles. The highest BCUT2D eigenvalue weighted by molar-refractivity contribution is 8.00. The van der Waals surface area contributed by atoms with Crippen molar-refractivity contribution < 1.29 is 22.6 Å². The van der Waals surface area contributed by atoms with Crippen LogP contribution in [0.1, 0.15) is 27.1 Å². The van der Waals surface area contributed by atoms with Crippen molar-refractivity contribution in [2.75, 3.05) is 24.7 Å². The fourth-order valence-electron chi connectivity index (χ4n) is 4.40. The second-order valence-electron chi connectivity index (χ2n) is 9.35. The molecule has 1 aliphatic rings. The van der Waals surface area contributed by atoms with E-state index in [2.05, 4.69) is 10.4 Å². The van der Waals surface area contributed by atoms with Gasteiger partial charge in [0.25, 0.3) is 27.5 Å². The van der Waals surface area contributed by atoms with Crippen LogP contribution in [0.15, 0.2) is 76.4 Å². The van der Waals surface area contributed by atoms with Crippen molar-refractivity contribution in [3.05, 3.63) is 94.0 Å². The predicted molar refractivity (Wildman–Crippen MR) is 152 cm³/mol. The zero-order chi connectivity index (χ0) is 28.8. The highest BCUT2D eigenvalue weighted by atomic mass is 32.2. The maximum Gasteiger partial charge on any atom is 0.294 e. The van der Waals surface area contributed by atoms with Crippen LogP contribution in [0.2, 0.25) is 0 Å². The van der Waals surface area contributed by atoms with Gasteiger partial charge in [-0.25, -0.2) is 9.99 Å². The van der Waals surface area contributed by atoms with Crippen LogP contribution in [0.25, 0.3) is 16.6 Å². The topological polar surface area (TPSA) is 142 Å². The van der Waals surface area contributed by atoms with Crippen LogP contribution < -0.4 is 15.9 Å². The summed E-state index contributed by atoms with van der Waals surface area (Å²) in [4.78, 5) is 44.9. The molecule has 5 rings (SSSR count). The summed E-state index contributed by atoms with van der Waals surface area (Å²) in [7, 11) is -0.629. The number of amides is 2. The van der Waals surface area contributed by atoms with Crippen molar-refractivity contribution in [1.82, 2.24) is 20.0 Å². The standard InChI is InChI=1S/C27H25N5O6S2/c1-16-28-23-13-12-21(40(36,37)38)14-22(23)26(35)31(16)20-10-4-17(5-11-20)25(34)29-32-24(33)15-39-27(32)18-6-8-19(9-7-18)30(2)3/h4-14,27H,15H2,1-3H3,(H,29,34)(H,36,37,38). The number of hydrazine groups is 1. The van der Waals surface area contributed by atoms with Crippen molar-refractivity contribution >= 4 is 50.3 Å². The third kappa shape index (κ3) is 5.18. The van der Waals surface area contributed by atoms with Crippen LogP contribution >= 0.6 is 11.8 Å². The lowest BCUT2D eigenvalue weighted by Crippen LogP contribution is -2.44. The Bertz CT molecular complexity index is 1800. The smallest absolute Gasteiger partial charge is 0.294 e. The van der Waals surface area contributed by atoms with E-state index in [4.69, 9.17) is 0 Å². The zero-order valence-corrected chi connectivity index (χ0v) is 23.4. The van der Waals surface area contributed by atoms with Crippen LogP contribution in [0.3, 0.4) is 0 Å². The van der Waals surface area contributed by atoms with E-state index >= 15 is 0 Å². The van der Waals surface area contributed by atoms with Crippen LogP contribution in [0.5, 0.6) is 0 Å². The summed E-state index contributed by atoms with van der Waals surface area (Å²) < 4.78 is 33.8. The molecule has 1 unspecified atom stereocenters. The van der Waals surface area contributed by atoms with Crippen molar-refractivity contribution in [3.8, 4) is 5.69 Å². The van der Waals surface area contributed by atoms with Crippen molar-refractivity contribution in [1.29, 1.82) is 0 Å². The number of hydrogen-bond donors (Lipinski definition) is 2. The molecule has 206 valence electrons. The lowest BCUT2D eigenvalue weighted by Gasteiger charge is -2.25. The number of thioether (sulfide) groups is 1. The van der Waals surface area contributed by atoms with Crippen molar-refractivity contribution in [2.24, 2.45) is 0 Å². The number of hydrogen-bond acceptors (Lipinski definition) is 8. The van der Waals surface area contributed by atoms with Gasteiger partial charge < -0.3 is 4.90 Å². The van der Waals surface area contributed by atoms with Crippen LogP contribution in [-0.4, -0.2) is 59.2 Å². The first-order valence-electron chi connectivity index (χ1n) is 12.1. The molecule has 11 nitrogen and oxygen atoms in total. The quantitative estimate of drug-likeness (QED) is 0.330. The molecule has 40 heavy (non-hydrogen) atoms. The molecule has 0 aliphatic carbocycles. The molecule has 1 saturated heterocycles. The Morgan fingerprint density at radius 2 is 1.73 bits per heavy atom. The number of carbonyl (C=O) groups is 2.